The van der Waals surface area contributed by atoms with Crippen LogP contribution in [0.25, 0.3) is 0 Å². The fraction of sp³-hybridized carbons (Fsp3) is 0.562. The van der Waals surface area contributed by atoms with E-state index >= 15 is 0 Å². The molecular formula is C16H23N3O2. The quantitative estimate of drug-likeness (QED) is 0.867. The van der Waals surface area contributed by atoms with E-state index in [1.807, 2.05) is 24.3 Å². The topological polar surface area (TPSA) is 53.6 Å². The number of hydrogen-bond acceptors (Lipinski definition) is 4. The van der Waals surface area contributed by atoms with E-state index in [9.17, 15) is 4.79 Å². The fourth-order valence-corrected chi connectivity index (χ4v) is 3.32. The molecule has 4 rings (SSSR count). The average Bonchev–Trinajstić information content (AvgIpc) is 2.51. The van der Waals surface area contributed by atoms with Crippen LogP contribution < -0.4 is 10.6 Å². The van der Waals surface area contributed by atoms with E-state index < -0.39 is 0 Å². The summed E-state index contributed by atoms with van der Waals surface area (Å²) in [6.07, 6.45) is 2.62. The fourth-order valence-electron chi connectivity index (χ4n) is 3.32. The average molecular weight is 289 g/mol. The maximum atomic E-state index is 11.4. The highest BCUT2D eigenvalue weighted by Gasteiger charge is 2.33. The van der Waals surface area contributed by atoms with Crippen LogP contribution in [0.1, 0.15) is 12.8 Å². The van der Waals surface area contributed by atoms with Crippen molar-refractivity contribution in [3.05, 3.63) is 24.3 Å². The first-order chi connectivity index (χ1) is 10.2. The standard InChI is InChI=1S/C16H23N3O2/c1-21-11-16(20)18-14-4-2-13(3-5-14)17-15-10-19-8-6-12(15)7-9-19/h2-5,12,15,17H,6-11H2,1H3,(H,18,20). The van der Waals surface area contributed by atoms with Crippen molar-refractivity contribution in [3.8, 4) is 0 Å². The van der Waals surface area contributed by atoms with Gasteiger partial charge < -0.3 is 20.3 Å². The first-order valence-corrected chi connectivity index (χ1v) is 7.62. The SMILES string of the molecule is COCC(=O)Nc1ccc(NC2CN3CCC2CC3)cc1. The number of piperidine rings is 3. The summed E-state index contributed by atoms with van der Waals surface area (Å²) in [4.78, 5) is 14.0. The number of ether oxygens (including phenoxy) is 1. The Kier molecular flexibility index (Phi) is 4.41. The molecule has 1 atom stereocenters. The number of carbonyl (C=O) groups is 1. The molecule has 1 aromatic rings. The van der Waals surface area contributed by atoms with Gasteiger partial charge in [0.1, 0.15) is 6.61 Å². The Morgan fingerprint density at radius 3 is 2.48 bits per heavy atom. The second kappa shape index (κ2) is 6.45. The molecule has 5 heteroatoms. The highest BCUT2D eigenvalue weighted by atomic mass is 16.5. The molecule has 21 heavy (non-hydrogen) atoms. The highest BCUT2D eigenvalue weighted by molar-refractivity contribution is 5.91. The number of nitrogens with zero attached hydrogens (tertiary/aromatic N) is 1. The summed E-state index contributed by atoms with van der Waals surface area (Å²) in [7, 11) is 1.51. The number of nitrogens with one attached hydrogen (secondary N) is 2. The van der Waals surface area contributed by atoms with Crippen molar-refractivity contribution in [2.45, 2.75) is 18.9 Å². The Morgan fingerprint density at radius 2 is 1.90 bits per heavy atom. The molecule has 3 fully saturated rings. The Bertz CT molecular complexity index is 481. The van der Waals surface area contributed by atoms with Crippen LogP contribution in [0.4, 0.5) is 11.4 Å². The van der Waals surface area contributed by atoms with Gasteiger partial charge in [0, 0.05) is 31.1 Å². The van der Waals surface area contributed by atoms with Crippen molar-refractivity contribution in [2.75, 3.05) is 44.0 Å². The number of anilines is 2. The maximum absolute atomic E-state index is 11.4. The van der Waals surface area contributed by atoms with Crippen LogP contribution in [0, 0.1) is 5.92 Å². The van der Waals surface area contributed by atoms with Gasteiger partial charge in [0.05, 0.1) is 0 Å². The normalized spacial score (nSPS) is 27.4. The highest BCUT2D eigenvalue weighted by Crippen LogP contribution is 2.29. The van der Waals surface area contributed by atoms with Gasteiger partial charge in [-0.3, -0.25) is 4.79 Å². The summed E-state index contributed by atoms with van der Waals surface area (Å²) in [5, 5.41) is 6.44. The van der Waals surface area contributed by atoms with Gasteiger partial charge in [-0.1, -0.05) is 0 Å². The molecule has 0 aromatic heterocycles. The van der Waals surface area contributed by atoms with Crippen molar-refractivity contribution >= 4 is 17.3 Å². The van der Waals surface area contributed by atoms with Crippen molar-refractivity contribution in [1.29, 1.82) is 0 Å². The minimum atomic E-state index is -0.129. The zero-order chi connectivity index (χ0) is 14.7. The Morgan fingerprint density at radius 1 is 1.24 bits per heavy atom. The molecule has 0 radical (unpaired) electrons. The molecule has 114 valence electrons. The molecule has 1 amide bonds. The summed E-state index contributed by atoms with van der Waals surface area (Å²) >= 11 is 0. The van der Waals surface area contributed by atoms with Crippen molar-refractivity contribution in [1.82, 2.24) is 4.90 Å². The zero-order valence-electron chi connectivity index (χ0n) is 12.5. The molecule has 0 spiro atoms. The third kappa shape index (κ3) is 3.54. The van der Waals surface area contributed by atoms with Crippen LogP contribution in [0.3, 0.4) is 0 Å². The van der Waals surface area contributed by atoms with Gasteiger partial charge in [0.25, 0.3) is 0 Å². The van der Waals surface area contributed by atoms with Gasteiger partial charge in [-0.15, -0.1) is 0 Å². The predicted molar refractivity (Wildman–Crippen MR) is 83.5 cm³/mol. The van der Waals surface area contributed by atoms with Crippen LogP contribution in [0.15, 0.2) is 24.3 Å². The Labute approximate surface area is 125 Å². The van der Waals surface area contributed by atoms with E-state index in [0.29, 0.717) is 6.04 Å². The lowest BCUT2D eigenvalue weighted by Gasteiger charge is -2.45. The van der Waals surface area contributed by atoms with Crippen LogP contribution in [0.2, 0.25) is 0 Å². The number of benzene rings is 1. The predicted octanol–water partition coefficient (Wildman–Crippen LogP) is 1.78. The smallest absolute Gasteiger partial charge is 0.250 e. The van der Waals surface area contributed by atoms with Gasteiger partial charge in [-0.25, -0.2) is 0 Å². The summed E-state index contributed by atoms with van der Waals surface area (Å²) < 4.78 is 4.80. The minimum absolute atomic E-state index is 0.0829. The van der Waals surface area contributed by atoms with Gasteiger partial charge in [0.15, 0.2) is 0 Å². The number of carbonyl (C=O) groups excluding carboxylic acids is 1. The summed E-state index contributed by atoms with van der Waals surface area (Å²) in [6.45, 7) is 3.75. The number of fused-ring (bicyclic) bond motifs is 3. The van der Waals surface area contributed by atoms with Crippen LogP contribution in [0.5, 0.6) is 0 Å². The molecule has 2 bridgehead atoms. The first-order valence-electron chi connectivity index (χ1n) is 7.62. The molecule has 3 aliphatic heterocycles. The summed E-state index contributed by atoms with van der Waals surface area (Å²) in [6, 6.07) is 8.47. The Balaban J connectivity index is 1.56. The van der Waals surface area contributed by atoms with E-state index in [1.165, 1.54) is 33.0 Å². The second-order valence-corrected chi connectivity index (χ2v) is 5.95. The molecule has 1 aromatic carbocycles. The molecule has 3 saturated heterocycles. The van der Waals surface area contributed by atoms with Gasteiger partial charge >= 0.3 is 0 Å². The minimum Gasteiger partial charge on any atom is -0.381 e. The second-order valence-electron chi connectivity index (χ2n) is 5.95. The molecule has 3 aliphatic rings. The van der Waals surface area contributed by atoms with E-state index in [2.05, 4.69) is 15.5 Å². The summed E-state index contributed by atoms with van der Waals surface area (Å²) in [5.41, 5.74) is 1.93. The largest absolute Gasteiger partial charge is 0.381 e. The van der Waals surface area contributed by atoms with E-state index in [1.54, 1.807) is 0 Å². The zero-order valence-corrected chi connectivity index (χ0v) is 12.5. The van der Waals surface area contributed by atoms with E-state index in [-0.39, 0.29) is 12.5 Å². The third-order valence-corrected chi connectivity index (χ3v) is 4.45. The lowest BCUT2D eigenvalue weighted by atomic mass is 9.84. The molecule has 3 heterocycles. The number of rotatable bonds is 5. The van der Waals surface area contributed by atoms with Crippen LogP contribution >= 0.6 is 0 Å². The van der Waals surface area contributed by atoms with Crippen LogP contribution in [-0.4, -0.2) is 50.2 Å². The molecule has 0 aliphatic carbocycles. The van der Waals surface area contributed by atoms with Crippen molar-refractivity contribution in [3.63, 3.8) is 0 Å². The summed E-state index contributed by atoms with van der Waals surface area (Å²) in [5.74, 6) is 0.673. The van der Waals surface area contributed by atoms with Gasteiger partial charge in [-0.05, 0) is 56.1 Å². The van der Waals surface area contributed by atoms with Gasteiger partial charge in [-0.2, -0.15) is 0 Å². The molecule has 5 nitrogen and oxygen atoms in total. The maximum Gasteiger partial charge on any atom is 0.250 e. The third-order valence-electron chi connectivity index (χ3n) is 4.45. The van der Waals surface area contributed by atoms with E-state index in [0.717, 1.165) is 23.8 Å². The van der Waals surface area contributed by atoms with Crippen molar-refractivity contribution < 1.29 is 9.53 Å². The number of hydrogen-bond donors (Lipinski definition) is 2. The number of methoxy groups -OCH3 is 1. The monoisotopic (exact) mass is 289 g/mol. The van der Waals surface area contributed by atoms with Crippen molar-refractivity contribution in [2.24, 2.45) is 5.92 Å². The number of amides is 1. The molecule has 2 N–H and O–H groups in total. The van der Waals surface area contributed by atoms with Crippen LogP contribution in [-0.2, 0) is 9.53 Å². The Hall–Kier alpha value is -1.59. The molecular weight excluding hydrogens is 266 g/mol. The lowest BCUT2D eigenvalue weighted by molar-refractivity contribution is -0.119. The first kappa shape index (κ1) is 14.4. The lowest BCUT2D eigenvalue weighted by Crippen LogP contribution is -2.53. The molecule has 0 saturated carbocycles. The molecule has 1 unspecified atom stereocenters. The van der Waals surface area contributed by atoms with E-state index in [4.69, 9.17) is 4.74 Å². The van der Waals surface area contributed by atoms with Gasteiger partial charge in [0.2, 0.25) is 5.91 Å².